The molecule has 1 atom stereocenters. The summed E-state index contributed by atoms with van der Waals surface area (Å²) in [5.41, 5.74) is 0.928. The number of piperidine rings is 1. The lowest BCUT2D eigenvalue weighted by Crippen LogP contribution is -2.44. The summed E-state index contributed by atoms with van der Waals surface area (Å²) >= 11 is 0. The topological polar surface area (TPSA) is 92.3 Å². The highest BCUT2D eigenvalue weighted by atomic mass is 32.2. The van der Waals surface area contributed by atoms with E-state index >= 15 is 0 Å². The van der Waals surface area contributed by atoms with Gasteiger partial charge in [-0.15, -0.1) is 0 Å². The number of nitrogens with zero attached hydrogens (tertiary/aromatic N) is 3. The molecule has 3 heterocycles. The molecule has 0 bridgehead atoms. The van der Waals surface area contributed by atoms with E-state index in [2.05, 4.69) is 20.2 Å². The average molecular weight is 338 g/mol. The molecule has 126 valence electrons. The third-order valence-electron chi connectivity index (χ3n) is 4.51. The van der Waals surface area contributed by atoms with Gasteiger partial charge in [-0.2, -0.15) is 0 Å². The molecule has 2 aliphatic heterocycles. The normalized spacial score (nSPS) is 24.6. The second kappa shape index (κ2) is 6.43. The van der Waals surface area contributed by atoms with Gasteiger partial charge in [-0.1, -0.05) is 0 Å². The minimum Gasteiger partial charge on any atom is -0.352 e. The van der Waals surface area contributed by atoms with Gasteiger partial charge in [-0.25, -0.2) is 18.4 Å². The Balaban J connectivity index is 1.51. The molecule has 1 aromatic heterocycles. The fourth-order valence-corrected chi connectivity index (χ4v) is 4.83. The Morgan fingerprint density at radius 1 is 1.30 bits per heavy atom. The number of hydrogen-bond acceptors (Lipinski definition) is 6. The molecule has 2 aliphatic rings. The Bertz CT molecular complexity index is 684. The zero-order valence-electron chi connectivity index (χ0n) is 13.2. The first-order valence-electron chi connectivity index (χ1n) is 7.98. The Morgan fingerprint density at radius 2 is 2.04 bits per heavy atom. The van der Waals surface area contributed by atoms with Gasteiger partial charge in [0.25, 0.3) is 0 Å². The van der Waals surface area contributed by atoms with E-state index in [0.29, 0.717) is 12.4 Å². The molecule has 3 rings (SSSR count). The van der Waals surface area contributed by atoms with Crippen LogP contribution in [0.25, 0.3) is 0 Å². The molecule has 0 saturated carbocycles. The van der Waals surface area contributed by atoms with Crippen molar-refractivity contribution >= 4 is 21.7 Å². The minimum absolute atomic E-state index is 0.0167. The fourth-order valence-electron chi connectivity index (χ4n) is 3.16. The average Bonchev–Trinajstić information content (AvgIpc) is 2.86. The molecule has 8 heteroatoms. The number of anilines is 1. The first-order chi connectivity index (χ1) is 10.9. The number of carbonyl (C=O) groups is 1. The van der Waals surface area contributed by atoms with E-state index in [9.17, 15) is 13.2 Å². The quantitative estimate of drug-likeness (QED) is 0.852. The van der Waals surface area contributed by atoms with Crippen LogP contribution in [0.1, 0.15) is 25.0 Å². The van der Waals surface area contributed by atoms with Crippen LogP contribution in [0.3, 0.4) is 0 Å². The van der Waals surface area contributed by atoms with Gasteiger partial charge in [0.2, 0.25) is 11.9 Å². The summed E-state index contributed by atoms with van der Waals surface area (Å²) in [6, 6.07) is 1.64. The maximum absolute atomic E-state index is 12.3. The van der Waals surface area contributed by atoms with Crippen LogP contribution in [-0.4, -0.2) is 54.9 Å². The Hall–Kier alpha value is -1.70. The van der Waals surface area contributed by atoms with Gasteiger partial charge in [-0.05, 0) is 32.3 Å². The van der Waals surface area contributed by atoms with Crippen molar-refractivity contribution in [3.05, 3.63) is 18.0 Å². The first kappa shape index (κ1) is 16.2. The second-order valence-electron chi connectivity index (χ2n) is 6.37. The van der Waals surface area contributed by atoms with Gasteiger partial charge in [0.1, 0.15) is 0 Å². The monoisotopic (exact) mass is 338 g/mol. The zero-order chi connectivity index (χ0) is 16.4. The van der Waals surface area contributed by atoms with Crippen molar-refractivity contribution in [2.75, 3.05) is 29.5 Å². The summed E-state index contributed by atoms with van der Waals surface area (Å²) in [7, 11) is -2.96. The molecule has 2 fully saturated rings. The standard InChI is InChI=1S/C15H22N4O3S/c1-11-2-6-16-15(17-11)19-7-3-12(4-8-19)14(20)18-13-5-9-23(21,22)10-13/h2,6,12-13H,3-5,7-10H2,1H3,(H,18,20)/t13-/m1/s1. The number of carbonyl (C=O) groups excluding carboxylic acids is 1. The van der Waals surface area contributed by atoms with Crippen LogP contribution in [0.4, 0.5) is 5.95 Å². The predicted molar refractivity (Wildman–Crippen MR) is 86.9 cm³/mol. The summed E-state index contributed by atoms with van der Waals surface area (Å²) in [6.45, 7) is 3.41. The minimum atomic E-state index is -2.96. The second-order valence-corrected chi connectivity index (χ2v) is 8.60. The van der Waals surface area contributed by atoms with E-state index < -0.39 is 9.84 Å². The van der Waals surface area contributed by atoms with Crippen molar-refractivity contribution in [3.63, 3.8) is 0 Å². The molecule has 7 nitrogen and oxygen atoms in total. The maximum atomic E-state index is 12.3. The van der Waals surface area contributed by atoms with Crippen molar-refractivity contribution in [3.8, 4) is 0 Å². The van der Waals surface area contributed by atoms with Crippen molar-refractivity contribution in [1.82, 2.24) is 15.3 Å². The van der Waals surface area contributed by atoms with Crippen LogP contribution in [-0.2, 0) is 14.6 Å². The SMILES string of the molecule is Cc1ccnc(N2CCC(C(=O)N[C@@H]3CCS(=O)(=O)C3)CC2)n1. The lowest BCUT2D eigenvalue weighted by atomic mass is 9.95. The highest BCUT2D eigenvalue weighted by Gasteiger charge is 2.32. The summed E-state index contributed by atoms with van der Waals surface area (Å²) in [5.74, 6) is 0.900. The van der Waals surface area contributed by atoms with Crippen LogP contribution >= 0.6 is 0 Å². The highest BCUT2D eigenvalue weighted by Crippen LogP contribution is 2.21. The molecular weight excluding hydrogens is 316 g/mol. The molecule has 1 N–H and O–H groups in total. The predicted octanol–water partition coefficient (Wildman–Crippen LogP) is 0.305. The lowest BCUT2D eigenvalue weighted by molar-refractivity contribution is -0.126. The van der Waals surface area contributed by atoms with E-state index in [-0.39, 0.29) is 29.4 Å². The van der Waals surface area contributed by atoms with Gasteiger partial charge >= 0.3 is 0 Å². The molecule has 0 unspecified atom stereocenters. The van der Waals surface area contributed by atoms with Gasteiger partial charge in [0.15, 0.2) is 9.84 Å². The van der Waals surface area contributed by atoms with Crippen molar-refractivity contribution in [1.29, 1.82) is 0 Å². The molecule has 0 radical (unpaired) electrons. The summed E-state index contributed by atoms with van der Waals surface area (Å²) in [5, 5.41) is 2.90. The maximum Gasteiger partial charge on any atom is 0.225 e. The lowest BCUT2D eigenvalue weighted by Gasteiger charge is -2.31. The molecule has 0 aliphatic carbocycles. The number of nitrogens with one attached hydrogen (secondary N) is 1. The number of hydrogen-bond donors (Lipinski definition) is 1. The van der Waals surface area contributed by atoms with Gasteiger partial charge in [0, 0.05) is 36.9 Å². The largest absolute Gasteiger partial charge is 0.352 e. The van der Waals surface area contributed by atoms with Crippen LogP contribution in [0.2, 0.25) is 0 Å². The molecule has 2 saturated heterocycles. The van der Waals surface area contributed by atoms with Gasteiger partial charge < -0.3 is 10.2 Å². The van der Waals surface area contributed by atoms with E-state index in [0.717, 1.165) is 31.6 Å². The summed E-state index contributed by atoms with van der Waals surface area (Å²) in [4.78, 5) is 23.1. The highest BCUT2D eigenvalue weighted by molar-refractivity contribution is 7.91. The van der Waals surface area contributed by atoms with E-state index in [1.807, 2.05) is 13.0 Å². The third kappa shape index (κ3) is 3.99. The van der Waals surface area contributed by atoms with Crippen molar-refractivity contribution in [2.24, 2.45) is 5.92 Å². The number of aromatic nitrogens is 2. The molecule has 1 amide bonds. The Kier molecular flexibility index (Phi) is 4.52. The molecule has 0 aromatic carbocycles. The van der Waals surface area contributed by atoms with Gasteiger partial charge in [-0.3, -0.25) is 4.79 Å². The number of rotatable bonds is 3. The van der Waals surface area contributed by atoms with Crippen molar-refractivity contribution < 1.29 is 13.2 Å². The number of sulfone groups is 1. The third-order valence-corrected chi connectivity index (χ3v) is 6.28. The van der Waals surface area contributed by atoms with E-state index in [4.69, 9.17) is 0 Å². The van der Waals surface area contributed by atoms with Crippen LogP contribution in [0, 0.1) is 12.8 Å². The van der Waals surface area contributed by atoms with Crippen molar-refractivity contribution in [2.45, 2.75) is 32.2 Å². The van der Waals surface area contributed by atoms with E-state index in [1.165, 1.54) is 0 Å². The number of amides is 1. The van der Waals surface area contributed by atoms with Crippen LogP contribution < -0.4 is 10.2 Å². The van der Waals surface area contributed by atoms with Crippen LogP contribution in [0.15, 0.2) is 12.3 Å². The molecular formula is C15H22N4O3S. The molecule has 1 aromatic rings. The Morgan fingerprint density at radius 3 is 2.65 bits per heavy atom. The smallest absolute Gasteiger partial charge is 0.225 e. The first-order valence-corrected chi connectivity index (χ1v) is 9.80. The summed E-state index contributed by atoms with van der Waals surface area (Å²) in [6.07, 6.45) is 3.76. The van der Waals surface area contributed by atoms with Gasteiger partial charge in [0.05, 0.1) is 11.5 Å². The summed E-state index contributed by atoms with van der Waals surface area (Å²) < 4.78 is 22.9. The Labute approximate surface area is 136 Å². The molecule has 23 heavy (non-hydrogen) atoms. The molecule has 0 spiro atoms. The number of aryl methyl sites for hydroxylation is 1. The van der Waals surface area contributed by atoms with E-state index in [1.54, 1.807) is 6.20 Å². The van der Waals surface area contributed by atoms with Crippen LogP contribution in [0.5, 0.6) is 0 Å². The fraction of sp³-hybridized carbons (Fsp3) is 0.667. The zero-order valence-corrected chi connectivity index (χ0v) is 14.1.